The van der Waals surface area contributed by atoms with Gasteiger partial charge in [-0.2, -0.15) is 0 Å². The molecular formula is C20H23ClN5O+. The van der Waals surface area contributed by atoms with Crippen molar-refractivity contribution >= 4 is 34.1 Å². The van der Waals surface area contributed by atoms with Gasteiger partial charge in [-0.15, -0.1) is 0 Å². The number of anilines is 1. The quantitative estimate of drug-likeness (QED) is 0.878. The number of halogens is 1. The molecule has 1 aromatic heterocycles. The fraction of sp³-hybridized carbons (Fsp3) is 0.450. The van der Waals surface area contributed by atoms with E-state index >= 15 is 0 Å². The summed E-state index contributed by atoms with van der Waals surface area (Å²) in [7, 11) is 0. The summed E-state index contributed by atoms with van der Waals surface area (Å²) in [6.45, 7) is 8.33. The van der Waals surface area contributed by atoms with Crippen LogP contribution in [-0.2, 0) is 4.79 Å². The normalized spacial score (nSPS) is 22.9. The number of likely N-dealkylation sites (tertiary alicyclic amines) is 2. The summed E-state index contributed by atoms with van der Waals surface area (Å²) in [5.74, 6) is 0.119. The van der Waals surface area contributed by atoms with Gasteiger partial charge in [0.25, 0.3) is 6.57 Å². The molecule has 1 N–H and O–H groups in total. The molecular weight excluding hydrogens is 362 g/mol. The Morgan fingerprint density at radius 3 is 3.11 bits per heavy atom. The van der Waals surface area contributed by atoms with Crippen LogP contribution in [0.3, 0.4) is 0 Å². The van der Waals surface area contributed by atoms with E-state index in [1.54, 1.807) is 11.1 Å². The van der Waals surface area contributed by atoms with Gasteiger partial charge in [-0.1, -0.05) is 22.5 Å². The Labute approximate surface area is 163 Å². The number of hydrogen-bond donors (Lipinski definition) is 1. The van der Waals surface area contributed by atoms with Gasteiger partial charge in [-0.25, -0.2) is 0 Å². The fourth-order valence-corrected chi connectivity index (χ4v) is 4.20. The second-order valence-electron chi connectivity index (χ2n) is 7.25. The number of pyridine rings is 1. The Morgan fingerprint density at radius 1 is 1.37 bits per heavy atom. The predicted octanol–water partition coefficient (Wildman–Crippen LogP) is 3.29. The van der Waals surface area contributed by atoms with E-state index in [2.05, 4.69) is 20.0 Å². The zero-order chi connectivity index (χ0) is 18.8. The minimum Gasteiger partial charge on any atom is -0.380 e. The lowest BCUT2D eigenvalue weighted by Gasteiger charge is -2.21. The number of hydrogen-bond acceptors (Lipinski definition) is 4. The SMILES string of the molecule is C#[N+][C@@H]1CCCN1C(=O)CN1CC[C@@H](Nc2cccc3ncc(Cl)cc23)C1. The van der Waals surface area contributed by atoms with Gasteiger partial charge in [0, 0.05) is 42.9 Å². The first-order valence-corrected chi connectivity index (χ1v) is 9.74. The molecule has 1 aromatic carbocycles. The van der Waals surface area contributed by atoms with E-state index in [1.807, 2.05) is 24.3 Å². The number of nitrogens with one attached hydrogen (secondary N) is 1. The molecule has 0 saturated carbocycles. The first-order chi connectivity index (χ1) is 13.1. The van der Waals surface area contributed by atoms with Gasteiger partial charge in [0.2, 0.25) is 5.91 Å². The summed E-state index contributed by atoms with van der Waals surface area (Å²) in [6.07, 6.45) is 4.34. The molecule has 6 nitrogen and oxygen atoms in total. The molecule has 27 heavy (non-hydrogen) atoms. The maximum Gasteiger partial charge on any atom is 0.349 e. The van der Waals surface area contributed by atoms with Crippen LogP contribution in [0.5, 0.6) is 0 Å². The van der Waals surface area contributed by atoms with Gasteiger partial charge in [-0.3, -0.25) is 19.6 Å². The molecule has 2 atom stereocenters. The Morgan fingerprint density at radius 2 is 2.26 bits per heavy atom. The van der Waals surface area contributed by atoms with E-state index in [4.69, 9.17) is 18.2 Å². The van der Waals surface area contributed by atoms with Crippen molar-refractivity contribution < 1.29 is 4.79 Å². The highest BCUT2D eigenvalue weighted by Crippen LogP contribution is 2.27. The molecule has 0 aliphatic carbocycles. The lowest BCUT2D eigenvalue weighted by atomic mass is 10.1. The van der Waals surface area contributed by atoms with Gasteiger partial charge in [0.05, 0.1) is 23.5 Å². The smallest absolute Gasteiger partial charge is 0.349 e. The lowest BCUT2D eigenvalue weighted by Crippen LogP contribution is -2.41. The zero-order valence-electron chi connectivity index (χ0n) is 15.1. The van der Waals surface area contributed by atoms with Crippen molar-refractivity contribution in [1.29, 1.82) is 0 Å². The molecule has 7 heteroatoms. The number of aromatic nitrogens is 1. The van der Waals surface area contributed by atoms with E-state index in [-0.39, 0.29) is 18.1 Å². The maximum atomic E-state index is 12.6. The molecule has 0 radical (unpaired) electrons. The van der Waals surface area contributed by atoms with Gasteiger partial charge in [0.15, 0.2) is 0 Å². The average molecular weight is 385 g/mol. The van der Waals surface area contributed by atoms with Crippen LogP contribution < -0.4 is 5.32 Å². The van der Waals surface area contributed by atoms with E-state index in [9.17, 15) is 4.79 Å². The van der Waals surface area contributed by atoms with Crippen molar-refractivity contribution in [2.24, 2.45) is 0 Å². The second kappa shape index (κ2) is 7.71. The molecule has 2 fully saturated rings. The maximum absolute atomic E-state index is 12.6. The highest BCUT2D eigenvalue weighted by molar-refractivity contribution is 6.31. The van der Waals surface area contributed by atoms with Crippen molar-refractivity contribution in [3.63, 3.8) is 0 Å². The van der Waals surface area contributed by atoms with E-state index < -0.39 is 0 Å². The first-order valence-electron chi connectivity index (χ1n) is 9.37. The van der Waals surface area contributed by atoms with Crippen LogP contribution in [0.1, 0.15) is 19.3 Å². The second-order valence-corrected chi connectivity index (χ2v) is 7.69. The van der Waals surface area contributed by atoms with E-state index in [1.165, 1.54) is 0 Å². The largest absolute Gasteiger partial charge is 0.380 e. The number of carbonyl (C=O) groups excluding carboxylic acids is 1. The van der Waals surface area contributed by atoms with Crippen molar-refractivity contribution in [2.45, 2.75) is 31.5 Å². The molecule has 2 aliphatic heterocycles. The first kappa shape index (κ1) is 18.0. The average Bonchev–Trinajstić information content (AvgIpc) is 3.31. The number of amides is 1. The van der Waals surface area contributed by atoms with Gasteiger partial charge in [-0.05, 0) is 31.0 Å². The van der Waals surface area contributed by atoms with Crippen LogP contribution >= 0.6 is 11.6 Å². The highest BCUT2D eigenvalue weighted by Gasteiger charge is 2.36. The third kappa shape index (κ3) is 3.85. The summed E-state index contributed by atoms with van der Waals surface area (Å²) in [5.41, 5.74) is 1.95. The van der Waals surface area contributed by atoms with E-state index in [0.29, 0.717) is 11.6 Å². The fourth-order valence-electron chi connectivity index (χ4n) is 4.04. The van der Waals surface area contributed by atoms with Crippen LogP contribution in [0, 0.1) is 6.57 Å². The molecule has 140 valence electrons. The lowest BCUT2D eigenvalue weighted by molar-refractivity contribution is -0.132. The molecule has 0 unspecified atom stereocenters. The van der Waals surface area contributed by atoms with Gasteiger partial charge in [0.1, 0.15) is 0 Å². The van der Waals surface area contributed by atoms with Crippen LogP contribution in [0.15, 0.2) is 30.5 Å². The molecule has 0 spiro atoms. The Hall–Kier alpha value is -2.36. The monoisotopic (exact) mass is 384 g/mol. The minimum atomic E-state index is -0.151. The third-order valence-corrected chi connectivity index (χ3v) is 5.60. The molecule has 3 heterocycles. The van der Waals surface area contributed by atoms with Gasteiger partial charge >= 0.3 is 6.17 Å². The van der Waals surface area contributed by atoms with Crippen molar-refractivity contribution in [3.8, 4) is 6.57 Å². The van der Waals surface area contributed by atoms with Crippen molar-refractivity contribution in [3.05, 3.63) is 40.3 Å². The number of benzene rings is 1. The summed E-state index contributed by atoms with van der Waals surface area (Å²) >= 11 is 6.12. The van der Waals surface area contributed by atoms with Crippen LogP contribution in [0.25, 0.3) is 15.7 Å². The van der Waals surface area contributed by atoms with Crippen LogP contribution in [-0.4, -0.2) is 59.1 Å². The van der Waals surface area contributed by atoms with Crippen LogP contribution in [0.2, 0.25) is 5.02 Å². The molecule has 4 rings (SSSR count). The standard InChI is InChI=1S/C20H23ClN5O/c1-22-19-6-3-8-26(19)20(27)13-25-9-7-15(12-25)24-18-5-2-4-17-16(18)10-14(21)11-23-17/h1-2,4-5,10-11,15,19,24H,3,6-9,12-13H2/q+1/t15-,19+/m1/s1. The highest BCUT2D eigenvalue weighted by atomic mass is 35.5. The molecule has 2 aromatic rings. The summed E-state index contributed by atoms with van der Waals surface area (Å²) in [4.78, 5) is 24.8. The Bertz CT molecular complexity index is 896. The number of rotatable bonds is 4. The number of carbonyl (C=O) groups is 1. The minimum absolute atomic E-state index is 0.119. The molecule has 2 saturated heterocycles. The Kier molecular flexibility index (Phi) is 5.15. The summed E-state index contributed by atoms with van der Waals surface area (Å²) in [6, 6.07) is 8.24. The number of fused-ring (bicyclic) bond motifs is 1. The zero-order valence-corrected chi connectivity index (χ0v) is 15.9. The molecule has 0 bridgehead atoms. The van der Waals surface area contributed by atoms with Crippen molar-refractivity contribution in [2.75, 3.05) is 31.5 Å². The topological polar surface area (TPSA) is 52.8 Å². The van der Waals surface area contributed by atoms with Gasteiger partial charge < -0.3 is 5.32 Å². The number of nitrogens with zero attached hydrogens (tertiary/aromatic N) is 4. The van der Waals surface area contributed by atoms with E-state index in [0.717, 1.165) is 55.5 Å². The molecule has 2 aliphatic rings. The summed E-state index contributed by atoms with van der Waals surface area (Å²) in [5, 5.41) is 5.24. The predicted molar refractivity (Wildman–Crippen MR) is 108 cm³/mol. The van der Waals surface area contributed by atoms with Crippen LogP contribution in [0.4, 0.5) is 5.69 Å². The molecule has 1 amide bonds. The Balaban J connectivity index is 1.38. The third-order valence-electron chi connectivity index (χ3n) is 5.40. The summed E-state index contributed by atoms with van der Waals surface area (Å²) < 4.78 is 0. The van der Waals surface area contributed by atoms with Crippen molar-refractivity contribution in [1.82, 2.24) is 14.8 Å².